The molecule has 3 aromatic rings. The van der Waals surface area contributed by atoms with Crippen LogP contribution in [0.5, 0.6) is 11.5 Å². The summed E-state index contributed by atoms with van der Waals surface area (Å²) in [5.74, 6) is 1.15. The van der Waals surface area contributed by atoms with Crippen LogP contribution >= 0.6 is 11.8 Å². The number of ether oxygens (including phenoxy) is 2. The largest absolute Gasteiger partial charge is 0.497 e. The van der Waals surface area contributed by atoms with E-state index in [2.05, 4.69) is 10.3 Å². The van der Waals surface area contributed by atoms with Crippen molar-refractivity contribution in [2.24, 2.45) is 13.0 Å². The highest BCUT2D eigenvalue weighted by Gasteiger charge is 2.36. The Balaban J connectivity index is 1.59. The molecule has 0 saturated carbocycles. The molecule has 4 rings (SSSR count). The van der Waals surface area contributed by atoms with Gasteiger partial charge in [0.1, 0.15) is 23.4 Å². The Morgan fingerprint density at radius 2 is 1.91 bits per heavy atom. The summed E-state index contributed by atoms with van der Waals surface area (Å²) in [6.07, 6.45) is 5.66. The van der Waals surface area contributed by atoms with Gasteiger partial charge in [0.05, 0.1) is 20.1 Å². The summed E-state index contributed by atoms with van der Waals surface area (Å²) in [4.78, 5) is 33.4. The Morgan fingerprint density at radius 1 is 1.18 bits per heavy atom. The van der Waals surface area contributed by atoms with Crippen molar-refractivity contribution in [1.82, 2.24) is 14.9 Å². The van der Waals surface area contributed by atoms with Crippen molar-refractivity contribution in [1.29, 1.82) is 0 Å². The molecule has 9 heteroatoms. The first-order chi connectivity index (χ1) is 16.4. The monoisotopic (exact) mass is 480 g/mol. The fourth-order valence-corrected chi connectivity index (χ4v) is 4.57. The third-order valence-corrected chi connectivity index (χ3v) is 6.70. The van der Waals surface area contributed by atoms with E-state index >= 15 is 0 Å². The van der Waals surface area contributed by atoms with Gasteiger partial charge in [-0.15, -0.1) is 11.8 Å². The molecular formula is C25H28N4O4S. The van der Waals surface area contributed by atoms with Crippen LogP contribution in [0.3, 0.4) is 0 Å². The van der Waals surface area contributed by atoms with Crippen LogP contribution in [0.4, 0.5) is 5.69 Å². The Morgan fingerprint density at radius 3 is 2.53 bits per heavy atom. The number of hydrogen-bond acceptors (Lipinski definition) is 6. The van der Waals surface area contributed by atoms with Gasteiger partial charge in [0, 0.05) is 49.1 Å². The van der Waals surface area contributed by atoms with Crippen LogP contribution < -0.4 is 19.7 Å². The smallest absolute Gasteiger partial charge is 0.227 e. The highest BCUT2D eigenvalue weighted by atomic mass is 32.2. The van der Waals surface area contributed by atoms with Crippen molar-refractivity contribution >= 4 is 29.3 Å². The van der Waals surface area contributed by atoms with Crippen LogP contribution in [-0.4, -0.2) is 48.4 Å². The molecule has 1 aliphatic rings. The van der Waals surface area contributed by atoms with Gasteiger partial charge in [0.2, 0.25) is 11.8 Å². The van der Waals surface area contributed by atoms with E-state index in [0.717, 1.165) is 16.1 Å². The highest BCUT2D eigenvalue weighted by Crippen LogP contribution is 2.32. The van der Waals surface area contributed by atoms with E-state index < -0.39 is 12.0 Å². The fourth-order valence-electron chi connectivity index (χ4n) is 4.12. The lowest BCUT2D eigenvalue weighted by Crippen LogP contribution is -2.37. The molecule has 1 aliphatic heterocycles. The summed E-state index contributed by atoms with van der Waals surface area (Å²) in [6.45, 7) is 0.331. The molecule has 2 atom stereocenters. The van der Waals surface area contributed by atoms with Crippen LogP contribution in [0.2, 0.25) is 0 Å². The first-order valence-corrected chi connectivity index (χ1v) is 12.1. The number of nitrogens with zero attached hydrogens (tertiary/aromatic N) is 3. The predicted molar refractivity (Wildman–Crippen MR) is 131 cm³/mol. The minimum Gasteiger partial charge on any atom is -0.497 e. The number of benzene rings is 2. The zero-order valence-electron chi connectivity index (χ0n) is 19.6. The molecule has 0 unspecified atom stereocenters. The normalized spacial score (nSPS) is 16.4. The van der Waals surface area contributed by atoms with E-state index in [-0.39, 0.29) is 18.2 Å². The summed E-state index contributed by atoms with van der Waals surface area (Å²) in [5.41, 5.74) is 1.58. The van der Waals surface area contributed by atoms with Crippen LogP contribution in [0, 0.1) is 5.92 Å². The molecule has 2 heterocycles. The maximum Gasteiger partial charge on any atom is 0.227 e. The van der Waals surface area contributed by atoms with E-state index in [0.29, 0.717) is 23.9 Å². The lowest BCUT2D eigenvalue weighted by Gasteiger charge is -2.22. The van der Waals surface area contributed by atoms with Crippen molar-refractivity contribution in [3.8, 4) is 11.5 Å². The van der Waals surface area contributed by atoms with Gasteiger partial charge in [-0.1, -0.05) is 6.07 Å². The number of aryl methyl sites for hydroxylation is 1. The van der Waals surface area contributed by atoms with Gasteiger partial charge in [-0.3, -0.25) is 9.59 Å². The van der Waals surface area contributed by atoms with Crippen molar-refractivity contribution < 1.29 is 19.1 Å². The molecule has 2 aromatic carbocycles. The molecule has 1 aromatic heterocycles. The lowest BCUT2D eigenvalue weighted by molar-refractivity contribution is -0.126. The number of aromatic nitrogens is 2. The summed E-state index contributed by atoms with van der Waals surface area (Å²) in [7, 11) is 5.04. The quantitative estimate of drug-likeness (QED) is 0.498. The predicted octanol–water partition coefficient (Wildman–Crippen LogP) is 3.42. The first kappa shape index (κ1) is 23.7. The topological polar surface area (TPSA) is 85.7 Å². The van der Waals surface area contributed by atoms with Crippen molar-refractivity contribution in [3.63, 3.8) is 0 Å². The second kappa shape index (κ2) is 10.2. The Kier molecular flexibility index (Phi) is 7.12. The fraction of sp³-hybridized carbons (Fsp3) is 0.320. The molecule has 1 fully saturated rings. The number of amides is 2. The molecule has 0 spiro atoms. The maximum atomic E-state index is 13.4. The summed E-state index contributed by atoms with van der Waals surface area (Å²) in [5, 5.41) is 3.12. The number of imidazole rings is 1. The van der Waals surface area contributed by atoms with Gasteiger partial charge in [-0.2, -0.15) is 0 Å². The molecule has 0 aliphatic carbocycles. The molecule has 0 bridgehead atoms. The average Bonchev–Trinajstić information content (AvgIpc) is 3.47. The van der Waals surface area contributed by atoms with E-state index in [1.165, 1.54) is 0 Å². The minimum atomic E-state index is -0.541. The second-order valence-electron chi connectivity index (χ2n) is 8.09. The summed E-state index contributed by atoms with van der Waals surface area (Å²) < 4.78 is 12.7. The third kappa shape index (κ3) is 4.89. The van der Waals surface area contributed by atoms with Gasteiger partial charge in [0.15, 0.2) is 0 Å². The molecule has 178 valence electrons. The number of carbonyl (C=O) groups is 2. The third-order valence-electron chi connectivity index (χ3n) is 5.97. The number of thioether (sulfide) groups is 1. The Bertz CT molecular complexity index is 1170. The van der Waals surface area contributed by atoms with E-state index in [4.69, 9.17) is 9.47 Å². The SMILES string of the molecule is COc1cc(OC)cc([C@@H](NC(=O)[C@@H]2CC(=O)N(c3cccc(SC)c3)C2)c2nccn2C)c1. The van der Waals surface area contributed by atoms with E-state index in [9.17, 15) is 9.59 Å². The van der Waals surface area contributed by atoms with Gasteiger partial charge < -0.3 is 24.3 Å². The number of methoxy groups -OCH3 is 2. The molecule has 1 N–H and O–H groups in total. The molecule has 34 heavy (non-hydrogen) atoms. The van der Waals surface area contributed by atoms with Crippen molar-refractivity contribution in [3.05, 3.63) is 66.2 Å². The molecule has 2 amide bonds. The average molecular weight is 481 g/mol. The van der Waals surface area contributed by atoms with Crippen LogP contribution in [-0.2, 0) is 16.6 Å². The maximum absolute atomic E-state index is 13.4. The molecular weight excluding hydrogens is 452 g/mol. The van der Waals surface area contributed by atoms with Gasteiger partial charge >= 0.3 is 0 Å². The minimum absolute atomic E-state index is 0.0602. The Labute approximate surface area is 203 Å². The van der Waals surface area contributed by atoms with Gasteiger partial charge in [-0.05, 0) is 42.2 Å². The van der Waals surface area contributed by atoms with E-state index in [1.807, 2.05) is 60.5 Å². The number of carbonyl (C=O) groups excluding carboxylic acids is 2. The van der Waals surface area contributed by atoms with E-state index in [1.54, 1.807) is 43.1 Å². The summed E-state index contributed by atoms with van der Waals surface area (Å²) in [6, 6.07) is 12.7. The highest BCUT2D eigenvalue weighted by molar-refractivity contribution is 7.98. The molecule has 0 radical (unpaired) electrons. The first-order valence-electron chi connectivity index (χ1n) is 10.9. The van der Waals surface area contributed by atoms with Crippen LogP contribution in [0.15, 0.2) is 59.8 Å². The number of nitrogens with one attached hydrogen (secondary N) is 1. The second-order valence-corrected chi connectivity index (χ2v) is 8.97. The van der Waals surface area contributed by atoms with Gasteiger partial charge in [0.25, 0.3) is 0 Å². The number of hydrogen-bond donors (Lipinski definition) is 1. The lowest BCUT2D eigenvalue weighted by atomic mass is 10.0. The standard InChI is InChI=1S/C25H28N4O4S/c1-28-9-8-26-24(28)23(16-10-19(32-2)14-20(11-16)33-3)27-25(31)17-12-22(30)29(15-17)18-6-5-7-21(13-18)34-4/h5-11,13-14,17,23H,12,15H2,1-4H3,(H,27,31)/t17-,23-/m1/s1. The Hall–Kier alpha value is -3.46. The number of rotatable bonds is 8. The van der Waals surface area contributed by atoms with Crippen LogP contribution in [0.25, 0.3) is 0 Å². The molecule has 1 saturated heterocycles. The van der Waals surface area contributed by atoms with Crippen LogP contribution in [0.1, 0.15) is 23.9 Å². The van der Waals surface area contributed by atoms with Gasteiger partial charge in [-0.25, -0.2) is 4.98 Å². The number of anilines is 1. The zero-order valence-corrected chi connectivity index (χ0v) is 20.5. The zero-order chi connectivity index (χ0) is 24.2. The van der Waals surface area contributed by atoms with Crippen molar-refractivity contribution in [2.75, 3.05) is 31.9 Å². The summed E-state index contributed by atoms with van der Waals surface area (Å²) >= 11 is 1.61. The molecule has 8 nitrogen and oxygen atoms in total. The van der Waals surface area contributed by atoms with Crippen molar-refractivity contribution in [2.45, 2.75) is 17.4 Å².